The van der Waals surface area contributed by atoms with Crippen LogP contribution >= 0.6 is 0 Å². The first kappa shape index (κ1) is 14.2. The largest absolute Gasteiger partial charge is 0.481 e. The van der Waals surface area contributed by atoms with Gasteiger partial charge in [-0.2, -0.15) is 0 Å². The van der Waals surface area contributed by atoms with E-state index in [0.29, 0.717) is 6.54 Å². The SMILES string of the molecule is CC(C)C(C(=O)O)C(=O)N(C)Cc1cccnc1. The summed E-state index contributed by atoms with van der Waals surface area (Å²) in [6.07, 6.45) is 3.31. The summed E-state index contributed by atoms with van der Waals surface area (Å²) in [5.74, 6) is -2.67. The van der Waals surface area contributed by atoms with Crippen molar-refractivity contribution in [2.24, 2.45) is 11.8 Å². The van der Waals surface area contributed by atoms with Crippen molar-refractivity contribution in [3.05, 3.63) is 30.1 Å². The number of carbonyl (C=O) groups is 2. The van der Waals surface area contributed by atoms with Crippen molar-refractivity contribution in [3.8, 4) is 0 Å². The number of aliphatic carboxylic acids is 1. The molecule has 1 heterocycles. The van der Waals surface area contributed by atoms with Gasteiger partial charge in [0.25, 0.3) is 0 Å². The molecule has 1 unspecified atom stereocenters. The summed E-state index contributed by atoms with van der Waals surface area (Å²) < 4.78 is 0. The van der Waals surface area contributed by atoms with E-state index in [9.17, 15) is 9.59 Å². The van der Waals surface area contributed by atoms with Crippen molar-refractivity contribution in [1.82, 2.24) is 9.88 Å². The van der Waals surface area contributed by atoms with Gasteiger partial charge in [0.05, 0.1) is 0 Å². The van der Waals surface area contributed by atoms with E-state index in [1.54, 1.807) is 39.4 Å². The third-order valence-electron chi connectivity index (χ3n) is 2.72. The third-order valence-corrected chi connectivity index (χ3v) is 2.72. The second-order valence-corrected chi connectivity index (χ2v) is 4.62. The van der Waals surface area contributed by atoms with Crippen LogP contribution in [0.2, 0.25) is 0 Å². The van der Waals surface area contributed by atoms with Gasteiger partial charge in [0, 0.05) is 26.0 Å². The Kier molecular flexibility index (Phi) is 4.83. The highest BCUT2D eigenvalue weighted by Crippen LogP contribution is 2.15. The molecule has 5 heteroatoms. The highest BCUT2D eigenvalue weighted by atomic mass is 16.4. The predicted molar refractivity (Wildman–Crippen MR) is 66.7 cm³/mol. The van der Waals surface area contributed by atoms with E-state index in [2.05, 4.69) is 4.98 Å². The van der Waals surface area contributed by atoms with Gasteiger partial charge in [0.2, 0.25) is 5.91 Å². The van der Waals surface area contributed by atoms with Crippen LogP contribution in [0.15, 0.2) is 24.5 Å². The fraction of sp³-hybridized carbons (Fsp3) is 0.462. The third kappa shape index (κ3) is 3.55. The smallest absolute Gasteiger partial charge is 0.316 e. The molecular weight excluding hydrogens is 232 g/mol. The standard InChI is InChI=1S/C13H18N2O3/c1-9(2)11(13(17)18)12(16)15(3)8-10-5-4-6-14-7-10/h4-7,9,11H,8H2,1-3H3,(H,17,18). The fourth-order valence-electron chi connectivity index (χ4n) is 1.76. The van der Waals surface area contributed by atoms with Crippen LogP contribution in [0.25, 0.3) is 0 Å². The summed E-state index contributed by atoms with van der Waals surface area (Å²) in [6, 6.07) is 3.63. The normalized spacial score (nSPS) is 12.2. The van der Waals surface area contributed by atoms with Gasteiger partial charge < -0.3 is 10.0 Å². The van der Waals surface area contributed by atoms with Crippen molar-refractivity contribution >= 4 is 11.9 Å². The molecule has 0 aliphatic carbocycles. The molecule has 1 amide bonds. The minimum absolute atomic E-state index is 0.230. The number of carboxylic acids is 1. The summed E-state index contributed by atoms with van der Waals surface area (Å²) in [4.78, 5) is 28.5. The molecule has 0 spiro atoms. The summed E-state index contributed by atoms with van der Waals surface area (Å²) in [5.41, 5.74) is 0.876. The maximum Gasteiger partial charge on any atom is 0.316 e. The van der Waals surface area contributed by atoms with Crippen LogP contribution in [-0.4, -0.2) is 33.9 Å². The Morgan fingerprint density at radius 2 is 2.11 bits per heavy atom. The number of amides is 1. The lowest BCUT2D eigenvalue weighted by Crippen LogP contribution is -2.39. The molecule has 18 heavy (non-hydrogen) atoms. The van der Waals surface area contributed by atoms with Crippen molar-refractivity contribution in [1.29, 1.82) is 0 Å². The molecule has 1 atom stereocenters. The van der Waals surface area contributed by atoms with E-state index in [1.807, 2.05) is 6.07 Å². The average Bonchev–Trinajstić information content (AvgIpc) is 2.29. The Hall–Kier alpha value is -1.91. The monoisotopic (exact) mass is 250 g/mol. The molecule has 0 aliphatic heterocycles. The minimum atomic E-state index is -1.08. The molecule has 0 bridgehead atoms. The van der Waals surface area contributed by atoms with Crippen LogP contribution in [0, 0.1) is 11.8 Å². The summed E-state index contributed by atoms with van der Waals surface area (Å²) in [5, 5.41) is 9.07. The number of rotatable bonds is 5. The zero-order valence-electron chi connectivity index (χ0n) is 10.8. The number of aromatic nitrogens is 1. The molecule has 1 rings (SSSR count). The van der Waals surface area contributed by atoms with Gasteiger partial charge in [-0.25, -0.2) is 0 Å². The first-order chi connectivity index (χ1) is 8.43. The molecule has 0 fully saturated rings. The number of carbonyl (C=O) groups excluding carboxylic acids is 1. The number of pyridine rings is 1. The second kappa shape index (κ2) is 6.14. The van der Waals surface area contributed by atoms with E-state index < -0.39 is 11.9 Å². The molecule has 0 radical (unpaired) electrons. The highest BCUT2D eigenvalue weighted by molar-refractivity contribution is 5.97. The quantitative estimate of drug-likeness (QED) is 0.802. The Bertz CT molecular complexity index is 418. The first-order valence-electron chi connectivity index (χ1n) is 5.80. The lowest BCUT2D eigenvalue weighted by molar-refractivity contribution is -0.152. The number of hydrogen-bond acceptors (Lipinski definition) is 3. The maximum atomic E-state index is 12.1. The molecular formula is C13H18N2O3. The lowest BCUT2D eigenvalue weighted by atomic mass is 9.94. The lowest BCUT2D eigenvalue weighted by Gasteiger charge is -2.23. The van der Waals surface area contributed by atoms with E-state index in [4.69, 9.17) is 5.11 Å². The minimum Gasteiger partial charge on any atom is -0.481 e. The van der Waals surface area contributed by atoms with E-state index >= 15 is 0 Å². The first-order valence-corrected chi connectivity index (χ1v) is 5.80. The van der Waals surface area contributed by atoms with Crippen molar-refractivity contribution < 1.29 is 14.7 Å². The molecule has 1 aromatic heterocycles. The van der Waals surface area contributed by atoms with Gasteiger partial charge in [-0.3, -0.25) is 14.6 Å². The van der Waals surface area contributed by atoms with Gasteiger partial charge in [0.1, 0.15) is 5.92 Å². The van der Waals surface area contributed by atoms with E-state index in [1.165, 1.54) is 4.90 Å². The van der Waals surface area contributed by atoms with Gasteiger partial charge >= 0.3 is 5.97 Å². The van der Waals surface area contributed by atoms with Crippen LogP contribution in [0.1, 0.15) is 19.4 Å². The molecule has 0 aliphatic rings. The summed E-state index contributed by atoms with van der Waals surface area (Å²) in [7, 11) is 1.60. The molecule has 5 nitrogen and oxygen atoms in total. The fourth-order valence-corrected chi connectivity index (χ4v) is 1.76. The molecule has 98 valence electrons. The molecule has 0 aromatic carbocycles. The van der Waals surface area contributed by atoms with Crippen LogP contribution in [0.3, 0.4) is 0 Å². The van der Waals surface area contributed by atoms with Crippen molar-refractivity contribution in [2.45, 2.75) is 20.4 Å². The van der Waals surface area contributed by atoms with Gasteiger partial charge in [0.15, 0.2) is 0 Å². The van der Waals surface area contributed by atoms with E-state index in [0.717, 1.165) is 5.56 Å². The van der Waals surface area contributed by atoms with Gasteiger partial charge in [-0.15, -0.1) is 0 Å². The maximum absolute atomic E-state index is 12.1. The molecule has 0 saturated heterocycles. The Labute approximate surface area is 106 Å². The highest BCUT2D eigenvalue weighted by Gasteiger charge is 2.31. The van der Waals surface area contributed by atoms with Crippen LogP contribution < -0.4 is 0 Å². The second-order valence-electron chi connectivity index (χ2n) is 4.62. The molecule has 1 aromatic rings. The van der Waals surface area contributed by atoms with Crippen LogP contribution in [0.4, 0.5) is 0 Å². The van der Waals surface area contributed by atoms with Gasteiger partial charge in [-0.05, 0) is 17.5 Å². The van der Waals surface area contributed by atoms with Crippen LogP contribution in [-0.2, 0) is 16.1 Å². The molecule has 1 N–H and O–H groups in total. The Balaban J connectivity index is 2.74. The summed E-state index contributed by atoms with van der Waals surface area (Å²) in [6.45, 7) is 3.83. The zero-order chi connectivity index (χ0) is 13.7. The Morgan fingerprint density at radius 3 is 2.56 bits per heavy atom. The number of nitrogens with zero attached hydrogens (tertiary/aromatic N) is 2. The number of carboxylic acid groups (broad SMARTS) is 1. The zero-order valence-corrected chi connectivity index (χ0v) is 10.8. The number of hydrogen-bond donors (Lipinski definition) is 1. The van der Waals surface area contributed by atoms with Gasteiger partial charge in [-0.1, -0.05) is 19.9 Å². The van der Waals surface area contributed by atoms with Crippen molar-refractivity contribution in [3.63, 3.8) is 0 Å². The van der Waals surface area contributed by atoms with Crippen LogP contribution in [0.5, 0.6) is 0 Å². The van der Waals surface area contributed by atoms with Crippen molar-refractivity contribution in [2.75, 3.05) is 7.05 Å². The molecule has 0 saturated carbocycles. The topological polar surface area (TPSA) is 70.5 Å². The summed E-state index contributed by atoms with van der Waals surface area (Å²) >= 11 is 0. The average molecular weight is 250 g/mol. The Morgan fingerprint density at radius 1 is 1.44 bits per heavy atom. The predicted octanol–water partition coefficient (Wildman–Crippen LogP) is 1.40. The van der Waals surface area contributed by atoms with E-state index in [-0.39, 0.29) is 11.8 Å².